The van der Waals surface area contributed by atoms with Gasteiger partial charge in [0, 0.05) is 23.2 Å². The summed E-state index contributed by atoms with van der Waals surface area (Å²) < 4.78 is 19.9. The molecule has 27 heavy (non-hydrogen) atoms. The molecule has 146 valence electrons. The van der Waals surface area contributed by atoms with Gasteiger partial charge in [-0.15, -0.1) is 0 Å². The van der Waals surface area contributed by atoms with Crippen molar-refractivity contribution in [3.8, 4) is 17.0 Å². The fourth-order valence-electron chi connectivity index (χ4n) is 4.63. The number of rotatable bonds is 5. The maximum atomic E-state index is 14.2. The molecule has 1 aliphatic carbocycles. The van der Waals surface area contributed by atoms with Crippen LogP contribution in [0.5, 0.6) is 5.75 Å². The molecule has 0 bridgehead atoms. The number of nitrogens with zero attached hydrogens (tertiary/aromatic N) is 1. The van der Waals surface area contributed by atoms with Crippen LogP contribution in [0.15, 0.2) is 36.4 Å². The highest BCUT2D eigenvalue weighted by atomic mass is 19.1. The lowest BCUT2D eigenvalue weighted by atomic mass is 9.79. The lowest BCUT2D eigenvalue weighted by molar-refractivity contribution is 0.270. The average Bonchev–Trinajstić information content (AvgIpc) is 2.80. The van der Waals surface area contributed by atoms with E-state index >= 15 is 0 Å². The summed E-state index contributed by atoms with van der Waals surface area (Å²) in [4.78, 5) is 4.94. The van der Waals surface area contributed by atoms with E-state index in [1.54, 1.807) is 0 Å². The Morgan fingerprint density at radius 2 is 1.89 bits per heavy atom. The van der Waals surface area contributed by atoms with Crippen LogP contribution in [0, 0.1) is 22.6 Å². The van der Waals surface area contributed by atoms with Gasteiger partial charge in [0.25, 0.3) is 0 Å². The lowest BCUT2D eigenvalue weighted by Crippen LogP contribution is -2.17. The molecule has 1 aromatic heterocycles. The van der Waals surface area contributed by atoms with Crippen LogP contribution in [0.1, 0.15) is 66.0 Å². The zero-order valence-corrected chi connectivity index (χ0v) is 17.5. The van der Waals surface area contributed by atoms with Gasteiger partial charge >= 0.3 is 0 Å². The van der Waals surface area contributed by atoms with Gasteiger partial charge in [-0.2, -0.15) is 0 Å². The van der Waals surface area contributed by atoms with Crippen molar-refractivity contribution in [3.63, 3.8) is 0 Å². The minimum atomic E-state index is -0.291. The summed E-state index contributed by atoms with van der Waals surface area (Å²) in [6.07, 6.45) is 2.31. The summed E-state index contributed by atoms with van der Waals surface area (Å²) in [6, 6.07) is 11.0. The monoisotopic (exact) mass is 369 g/mol. The summed E-state index contributed by atoms with van der Waals surface area (Å²) in [7, 11) is 0. The standard InChI is InChI=1S/C24H32FNO/c1-16(2)14-27-19-11-17(10-18(25)12-19)21-8-7-9-22(26-21)20-13-23(3,4)15-24(20,5)6/h7-12,16,20H,13-15H2,1-6H3. The van der Waals surface area contributed by atoms with Crippen molar-refractivity contribution in [2.75, 3.05) is 6.61 Å². The fourth-order valence-corrected chi connectivity index (χ4v) is 4.63. The molecule has 1 unspecified atom stereocenters. The van der Waals surface area contributed by atoms with E-state index in [1.807, 2.05) is 18.2 Å². The molecule has 0 spiro atoms. The van der Waals surface area contributed by atoms with Crippen LogP contribution in [0.2, 0.25) is 0 Å². The van der Waals surface area contributed by atoms with Gasteiger partial charge in [0.15, 0.2) is 0 Å². The summed E-state index contributed by atoms with van der Waals surface area (Å²) in [5.74, 6) is 1.08. The van der Waals surface area contributed by atoms with E-state index in [1.165, 1.54) is 18.6 Å². The van der Waals surface area contributed by atoms with Crippen LogP contribution in [0.25, 0.3) is 11.3 Å². The van der Waals surface area contributed by atoms with Gasteiger partial charge in [-0.3, -0.25) is 4.98 Å². The van der Waals surface area contributed by atoms with Gasteiger partial charge in [0.1, 0.15) is 11.6 Å². The van der Waals surface area contributed by atoms with E-state index in [-0.39, 0.29) is 11.2 Å². The third-order valence-corrected chi connectivity index (χ3v) is 5.51. The molecule has 0 amide bonds. The number of halogens is 1. The third-order valence-electron chi connectivity index (χ3n) is 5.51. The molecule has 3 rings (SSSR count). The minimum absolute atomic E-state index is 0.211. The average molecular weight is 370 g/mol. The summed E-state index contributed by atoms with van der Waals surface area (Å²) in [5.41, 5.74) is 3.22. The quantitative estimate of drug-likeness (QED) is 0.575. The molecule has 1 saturated carbocycles. The molecule has 1 aromatic carbocycles. The summed E-state index contributed by atoms with van der Waals surface area (Å²) >= 11 is 0. The molecular weight excluding hydrogens is 337 g/mol. The fraction of sp³-hybridized carbons (Fsp3) is 0.542. The highest BCUT2D eigenvalue weighted by Crippen LogP contribution is 2.56. The normalized spacial score (nSPS) is 20.8. The third kappa shape index (κ3) is 4.69. The molecule has 0 radical (unpaired) electrons. The van der Waals surface area contributed by atoms with Gasteiger partial charge in [-0.05, 0) is 53.9 Å². The van der Waals surface area contributed by atoms with E-state index in [9.17, 15) is 4.39 Å². The molecular formula is C24H32FNO. The molecule has 3 heteroatoms. The van der Waals surface area contributed by atoms with Crippen molar-refractivity contribution in [1.29, 1.82) is 0 Å². The lowest BCUT2D eigenvalue weighted by Gasteiger charge is -2.27. The Morgan fingerprint density at radius 3 is 2.52 bits per heavy atom. The molecule has 2 nitrogen and oxygen atoms in total. The number of hydrogen-bond donors (Lipinski definition) is 0. The number of pyridine rings is 1. The van der Waals surface area contributed by atoms with Crippen molar-refractivity contribution in [2.24, 2.45) is 16.7 Å². The Kier molecular flexibility index (Phi) is 5.33. The highest BCUT2D eigenvalue weighted by molar-refractivity contribution is 5.61. The Bertz CT molecular complexity index is 810. The second-order valence-corrected chi connectivity index (χ2v) is 9.91. The molecule has 0 aliphatic heterocycles. The maximum absolute atomic E-state index is 14.2. The SMILES string of the molecule is CC(C)COc1cc(F)cc(-c2cccc(C3CC(C)(C)CC3(C)C)n2)c1. The number of aromatic nitrogens is 1. The van der Waals surface area contributed by atoms with E-state index in [0.29, 0.717) is 29.6 Å². The van der Waals surface area contributed by atoms with Crippen molar-refractivity contribution < 1.29 is 9.13 Å². The van der Waals surface area contributed by atoms with Crippen LogP contribution >= 0.6 is 0 Å². The largest absolute Gasteiger partial charge is 0.493 e. The Morgan fingerprint density at radius 1 is 1.15 bits per heavy atom. The van der Waals surface area contributed by atoms with Crippen LogP contribution in [0.3, 0.4) is 0 Å². The topological polar surface area (TPSA) is 22.1 Å². The first-order valence-corrected chi connectivity index (χ1v) is 9.96. The highest BCUT2D eigenvalue weighted by Gasteiger charge is 2.45. The Labute approximate surface area is 163 Å². The van der Waals surface area contributed by atoms with Gasteiger partial charge < -0.3 is 4.74 Å². The predicted molar refractivity (Wildman–Crippen MR) is 110 cm³/mol. The first-order valence-electron chi connectivity index (χ1n) is 9.96. The van der Waals surface area contributed by atoms with Crippen molar-refractivity contribution in [3.05, 3.63) is 47.9 Å². The van der Waals surface area contributed by atoms with Gasteiger partial charge in [-0.1, -0.05) is 47.6 Å². The minimum Gasteiger partial charge on any atom is -0.493 e. The molecule has 1 fully saturated rings. The zero-order valence-electron chi connectivity index (χ0n) is 17.5. The zero-order chi connectivity index (χ0) is 19.8. The Balaban J connectivity index is 1.92. The molecule has 0 N–H and O–H groups in total. The van der Waals surface area contributed by atoms with E-state index in [0.717, 1.165) is 23.4 Å². The first-order chi connectivity index (χ1) is 12.6. The smallest absolute Gasteiger partial charge is 0.127 e. The predicted octanol–water partition coefficient (Wildman–Crippen LogP) is 6.85. The molecule has 1 heterocycles. The molecule has 1 atom stereocenters. The number of benzene rings is 1. The van der Waals surface area contributed by atoms with Crippen LogP contribution < -0.4 is 4.74 Å². The van der Waals surface area contributed by atoms with Crippen LogP contribution in [0.4, 0.5) is 4.39 Å². The molecule has 2 aromatic rings. The van der Waals surface area contributed by atoms with Crippen molar-refractivity contribution >= 4 is 0 Å². The second-order valence-electron chi connectivity index (χ2n) is 9.91. The number of ether oxygens (including phenoxy) is 1. The summed E-state index contributed by atoms with van der Waals surface area (Å²) in [5, 5.41) is 0. The van der Waals surface area contributed by atoms with Gasteiger partial charge in [0.2, 0.25) is 0 Å². The van der Waals surface area contributed by atoms with E-state index < -0.39 is 0 Å². The number of hydrogen-bond acceptors (Lipinski definition) is 2. The van der Waals surface area contributed by atoms with Crippen molar-refractivity contribution in [2.45, 2.75) is 60.3 Å². The second kappa shape index (κ2) is 7.26. The van der Waals surface area contributed by atoms with Crippen LogP contribution in [-0.4, -0.2) is 11.6 Å². The maximum Gasteiger partial charge on any atom is 0.127 e. The van der Waals surface area contributed by atoms with E-state index in [2.05, 4.69) is 47.6 Å². The Hall–Kier alpha value is -1.90. The van der Waals surface area contributed by atoms with E-state index in [4.69, 9.17) is 9.72 Å². The van der Waals surface area contributed by atoms with Crippen molar-refractivity contribution in [1.82, 2.24) is 4.98 Å². The van der Waals surface area contributed by atoms with Gasteiger partial charge in [-0.25, -0.2) is 4.39 Å². The summed E-state index contributed by atoms with van der Waals surface area (Å²) in [6.45, 7) is 14.1. The molecule has 0 saturated heterocycles. The van der Waals surface area contributed by atoms with Gasteiger partial charge in [0.05, 0.1) is 12.3 Å². The van der Waals surface area contributed by atoms with Crippen LogP contribution in [-0.2, 0) is 0 Å². The first kappa shape index (κ1) is 19.9. The molecule has 1 aliphatic rings.